The predicted molar refractivity (Wildman–Crippen MR) is 93.1 cm³/mol. The summed E-state index contributed by atoms with van der Waals surface area (Å²) in [6.45, 7) is 4.74. The van der Waals surface area contributed by atoms with E-state index in [0.717, 1.165) is 11.3 Å². The zero-order valence-electron chi connectivity index (χ0n) is 14.1. The smallest absolute Gasteiger partial charge is 0.253 e. The van der Waals surface area contributed by atoms with E-state index >= 15 is 0 Å². The van der Waals surface area contributed by atoms with Crippen molar-refractivity contribution in [2.45, 2.75) is 32.0 Å². The van der Waals surface area contributed by atoms with Crippen LogP contribution in [0.1, 0.15) is 42.3 Å². The number of amides is 1. The van der Waals surface area contributed by atoms with E-state index in [4.69, 9.17) is 4.74 Å². The Balaban J connectivity index is 1.64. The first-order valence-electron chi connectivity index (χ1n) is 8.28. The van der Waals surface area contributed by atoms with E-state index in [1.165, 1.54) is 0 Å². The summed E-state index contributed by atoms with van der Waals surface area (Å²) >= 11 is 0. The van der Waals surface area contributed by atoms with Gasteiger partial charge >= 0.3 is 0 Å². The van der Waals surface area contributed by atoms with Crippen molar-refractivity contribution in [3.05, 3.63) is 65.7 Å². The molecule has 0 spiro atoms. The average Bonchev–Trinajstić information content (AvgIpc) is 2.95. The van der Waals surface area contributed by atoms with Gasteiger partial charge in [-0.25, -0.2) is 0 Å². The Morgan fingerprint density at radius 3 is 2.42 bits per heavy atom. The lowest BCUT2D eigenvalue weighted by molar-refractivity contribution is 0.0572. The first-order chi connectivity index (χ1) is 11.4. The van der Waals surface area contributed by atoms with Crippen LogP contribution in [0, 0.1) is 0 Å². The molecule has 0 bridgehead atoms. The van der Waals surface area contributed by atoms with Crippen LogP contribution in [0.2, 0.25) is 0 Å². The molecule has 0 unspecified atom stereocenters. The molecule has 1 N–H and O–H groups in total. The first kappa shape index (κ1) is 16.5. The second kappa shape index (κ2) is 6.65. The van der Waals surface area contributed by atoms with Gasteiger partial charge in [-0.3, -0.25) is 4.79 Å². The molecule has 0 radical (unpaired) electrons. The maximum Gasteiger partial charge on any atom is 0.253 e. The van der Waals surface area contributed by atoms with Gasteiger partial charge in [0.2, 0.25) is 0 Å². The summed E-state index contributed by atoms with van der Waals surface area (Å²) in [7, 11) is 0. The van der Waals surface area contributed by atoms with Crippen molar-refractivity contribution < 1.29 is 14.6 Å². The monoisotopic (exact) mass is 325 g/mol. The summed E-state index contributed by atoms with van der Waals surface area (Å²) in [4.78, 5) is 14.2. The standard InChI is InChI=1S/C20H23NO3/c1-15(16-6-4-3-5-7-16)24-18-10-8-17(9-11-18)19(22)21-13-12-20(2,23)14-21/h3-11,15,23H,12-14H2,1-2H3/t15-,20-/m1/s1. The second-order valence-electron chi connectivity index (χ2n) is 6.67. The fraction of sp³-hybridized carbons (Fsp3) is 0.350. The van der Waals surface area contributed by atoms with Crippen molar-refractivity contribution in [3.63, 3.8) is 0 Å². The van der Waals surface area contributed by atoms with E-state index in [0.29, 0.717) is 25.1 Å². The van der Waals surface area contributed by atoms with Crippen molar-refractivity contribution >= 4 is 5.91 Å². The molecule has 4 heteroatoms. The van der Waals surface area contributed by atoms with E-state index in [1.807, 2.05) is 49.4 Å². The van der Waals surface area contributed by atoms with Crippen LogP contribution in [0.25, 0.3) is 0 Å². The van der Waals surface area contributed by atoms with Crippen LogP contribution in [0.15, 0.2) is 54.6 Å². The Morgan fingerprint density at radius 1 is 1.17 bits per heavy atom. The molecule has 4 nitrogen and oxygen atoms in total. The third kappa shape index (κ3) is 3.77. The largest absolute Gasteiger partial charge is 0.486 e. The molecule has 24 heavy (non-hydrogen) atoms. The molecule has 3 rings (SSSR count). The van der Waals surface area contributed by atoms with Gasteiger partial charge in [-0.2, -0.15) is 0 Å². The van der Waals surface area contributed by atoms with Gasteiger partial charge in [0.1, 0.15) is 11.9 Å². The van der Waals surface area contributed by atoms with Crippen LogP contribution in [0.4, 0.5) is 0 Å². The fourth-order valence-corrected chi connectivity index (χ4v) is 2.97. The van der Waals surface area contributed by atoms with Crippen LogP contribution in [0.5, 0.6) is 5.75 Å². The maximum atomic E-state index is 12.5. The van der Waals surface area contributed by atoms with Crippen molar-refractivity contribution in [2.24, 2.45) is 0 Å². The molecule has 0 aromatic heterocycles. The zero-order valence-corrected chi connectivity index (χ0v) is 14.1. The minimum Gasteiger partial charge on any atom is -0.486 e. The molecule has 2 aromatic rings. The number of rotatable bonds is 4. The molecule has 1 fully saturated rings. The lowest BCUT2D eigenvalue weighted by Crippen LogP contribution is -2.33. The minimum absolute atomic E-state index is 0.0459. The average molecular weight is 325 g/mol. The third-order valence-corrected chi connectivity index (χ3v) is 4.42. The van der Waals surface area contributed by atoms with Crippen LogP contribution in [-0.4, -0.2) is 34.6 Å². The van der Waals surface area contributed by atoms with Crippen LogP contribution in [0.3, 0.4) is 0 Å². The SMILES string of the molecule is C[C@@H](Oc1ccc(C(=O)N2CC[C@@](C)(O)C2)cc1)c1ccccc1. The quantitative estimate of drug-likeness (QED) is 0.937. The highest BCUT2D eigenvalue weighted by Crippen LogP contribution is 2.24. The number of nitrogens with zero attached hydrogens (tertiary/aromatic N) is 1. The number of aliphatic hydroxyl groups is 1. The molecular weight excluding hydrogens is 302 g/mol. The van der Waals surface area contributed by atoms with Crippen LogP contribution >= 0.6 is 0 Å². The van der Waals surface area contributed by atoms with Gasteiger partial charge in [0, 0.05) is 18.7 Å². The van der Waals surface area contributed by atoms with E-state index < -0.39 is 5.60 Å². The van der Waals surface area contributed by atoms with Crippen molar-refractivity contribution in [3.8, 4) is 5.75 Å². The lowest BCUT2D eigenvalue weighted by atomic mass is 10.1. The normalized spacial score (nSPS) is 21.5. The summed E-state index contributed by atoms with van der Waals surface area (Å²) in [5.74, 6) is 0.687. The molecule has 1 aliphatic heterocycles. The van der Waals surface area contributed by atoms with E-state index in [2.05, 4.69) is 0 Å². The number of β-amino-alcohol motifs (C(OH)–C–C–N with tert-alkyl or cyclic N) is 1. The summed E-state index contributed by atoms with van der Waals surface area (Å²) in [6, 6.07) is 17.2. The molecule has 2 aromatic carbocycles. The molecule has 126 valence electrons. The van der Waals surface area contributed by atoms with Gasteiger partial charge in [-0.15, -0.1) is 0 Å². The maximum absolute atomic E-state index is 12.5. The molecule has 2 atom stereocenters. The fourth-order valence-electron chi connectivity index (χ4n) is 2.97. The van der Waals surface area contributed by atoms with E-state index in [1.54, 1.807) is 24.0 Å². The summed E-state index contributed by atoms with van der Waals surface area (Å²) in [5, 5.41) is 10.00. The number of carbonyl (C=O) groups excluding carboxylic acids is 1. The van der Waals surface area contributed by atoms with Gasteiger partial charge < -0.3 is 14.7 Å². The van der Waals surface area contributed by atoms with Crippen LogP contribution < -0.4 is 4.74 Å². The minimum atomic E-state index is -0.774. The number of benzene rings is 2. The summed E-state index contributed by atoms with van der Waals surface area (Å²) in [5.41, 5.74) is 0.952. The van der Waals surface area contributed by atoms with Crippen molar-refractivity contribution in [2.75, 3.05) is 13.1 Å². The van der Waals surface area contributed by atoms with Crippen molar-refractivity contribution in [1.82, 2.24) is 4.90 Å². The Kier molecular flexibility index (Phi) is 4.58. The molecule has 1 saturated heterocycles. The van der Waals surface area contributed by atoms with E-state index in [-0.39, 0.29) is 12.0 Å². The predicted octanol–water partition coefficient (Wildman–Crippen LogP) is 3.42. The Morgan fingerprint density at radius 2 is 1.83 bits per heavy atom. The highest BCUT2D eigenvalue weighted by molar-refractivity contribution is 5.94. The number of hydrogen-bond donors (Lipinski definition) is 1. The number of ether oxygens (including phenoxy) is 1. The molecule has 1 heterocycles. The van der Waals surface area contributed by atoms with Gasteiger partial charge in [0.15, 0.2) is 0 Å². The number of hydrogen-bond acceptors (Lipinski definition) is 3. The third-order valence-electron chi connectivity index (χ3n) is 4.42. The molecule has 1 aliphatic rings. The summed E-state index contributed by atoms with van der Waals surface area (Å²) < 4.78 is 5.93. The molecular formula is C20H23NO3. The van der Waals surface area contributed by atoms with Gasteiger partial charge in [0.25, 0.3) is 5.91 Å². The molecule has 0 saturated carbocycles. The van der Waals surface area contributed by atoms with Crippen LogP contribution in [-0.2, 0) is 0 Å². The number of likely N-dealkylation sites (tertiary alicyclic amines) is 1. The molecule has 0 aliphatic carbocycles. The van der Waals surface area contributed by atoms with Gasteiger partial charge in [-0.05, 0) is 50.1 Å². The highest BCUT2D eigenvalue weighted by Gasteiger charge is 2.34. The van der Waals surface area contributed by atoms with Crippen molar-refractivity contribution in [1.29, 1.82) is 0 Å². The van der Waals surface area contributed by atoms with Gasteiger partial charge in [0.05, 0.1) is 5.60 Å². The van der Waals surface area contributed by atoms with Gasteiger partial charge in [-0.1, -0.05) is 30.3 Å². The highest BCUT2D eigenvalue weighted by atomic mass is 16.5. The van der Waals surface area contributed by atoms with E-state index in [9.17, 15) is 9.90 Å². The number of carbonyl (C=O) groups is 1. The topological polar surface area (TPSA) is 49.8 Å². The Hall–Kier alpha value is -2.33. The first-order valence-corrected chi connectivity index (χ1v) is 8.28. The Bertz CT molecular complexity index is 695. The lowest BCUT2D eigenvalue weighted by Gasteiger charge is -2.19. The Labute approximate surface area is 142 Å². The summed E-state index contributed by atoms with van der Waals surface area (Å²) in [6.07, 6.45) is 0.565. The zero-order chi connectivity index (χ0) is 17.2. The second-order valence-corrected chi connectivity index (χ2v) is 6.67. The molecule has 1 amide bonds.